The fraction of sp³-hybridized carbons (Fsp3) is 0.107. The van der Waals surface area contributed by atoms with Crippen LogP contribution in [-0.2, 0) is 0 Å². The largest absolute Gasteiger partial charge is 0.497 e. The van der Waals surface area contributed by atoms with Gasteiger partial charge in [0.15, 0.2) is 0 Å². The molecule has 1 amide bonds. The van der Waals surface area contributed by atoms with E-state index in [1.54, 1.807) is 37.4 Å². The first-order chi connectivity index (χ1) is 17.6. The molecule has 8 nitrogen and oxygen atoms in total. The number of ether oxygens (including phenoxy) is 2. The van der Waals surface area contributed by atoms with Gasteiger partial charge in [-0.05, 0) is 55.5 Å². The predicted octanol–water partition coefficient (Wildman–Crippen LogP) is 5.30. The van der Waals surface area contributed by atoms with Crippen molar-refractivity contribution in [1.82, 2.24) is 19.6 Å². The summed E-state index contributed by atoms with van der Waals surface area (Å²) in [7, 11) is 3.17. The summed E-state index contributed by atoms with van der Waals surface area (Å²) in [5.41, 5.74) is 4.91. The molecule has 0 atom stereocenters. The Hall–Kier alpha value is -4.85. The molecule has 0 bridgehead atoms. The molecule has 0 saturated heterocycles. The minimum absolute atomic E-state index is 0.292. The summed E-state index contributed by atoms with van der Waals surface area (Å²) in [5, 5.41) is 12.1. The maximum atomic E-state index is 13.6. The zero-order chi connectivity index (χ0) is 25.1. The fourth-order valence-electron chi connectivity index (χ4n) is 4.00. The smallest absolute Gasteiger partial charge is 0.259 e. The number of para-hydroxylation sites is 1. The maximum absolute atomic E-state index is 13.6. The average molecular weight is 480 g/mol. The van der Waals surface area contributed by atoms with Gasteiger partial charge in [-0.15, -0.1) is 0 Å². The SMILES string of the molecule is COc1ccc(-c2nn(-c3ccccc3)cc2C(=O)Nc2cccc(-n3nccc3C)c2)c(OC)c1. The van der Waals surface area contributed by atoms with Crippen LogP contribution in [0.5, 0.6) is 11.5 Å². The lowest BCUT2D eigenvalue weighted by Crippen LogP contribution is -2.13. The van der Waals surface area contributed by atoms with Crippen molar-refractivity contribution in [3.63, 3.8) is 0 Å². The first kappa shape index (κ1) is 22.9. The summed E-state index contributed by atoms with van der Waals surface area (Å²) in [5.74, 6) is 0.909. The minimum atomic E-state index is -0.292. The predicted molar refractivity (Wildman–Crippen MR) is 138 cm³/mol. The number of methoxy groups -OCH3 is 2. The lowest BCUT2D eigenvalue weighted by atomic mass is 10.1. The number of aromatic nitrogens is 4. The number of benzene rings is 3. The molecular formula is C28H25N5O3. The van der Waals surface area contributed by atoms with E-state index in [1.165, 1.54) is 0 Å². The number of carbonyl (C=O) groups is 1. The molecule has 0 saturated carbocycles. The van der Waals surface area contributed by atoms with Crippen LogP contribution in [0.2, 0.25) is 0 Å². The Morgan fingerprint density at radius 2 is 1.69 bits per heavy atom. The third-order valence-corrected chi connectivity index (χ3v) is 5.82. The van der Waals surface area contributed by atoms with Crippen molar-refractivity contribution in [2.45, 2.75) is 6.92 Å². The molecule has 5 rings (SSSR count). The van der Waals surface area contributed by atoms with Gasteiger partial charge in [0.1, 0.15) is 17.2 Å². The van der Waals surface area contributed by atoms with Gasteiger partial charge in [-0.2, -0.15) is 10.2 Å². The highest BCUT2D eigenvalue weighted by Gasteiger charge is 2.22. The maximum Gasteiger partial charge on any atom is 0.259 e. The highest BCUT2D eigenvalue weighted by atomic mass is 16.5. The fourth-order valence-corrected chi connectivity index (χ4v) is 4.00. The first-order valence-electron chi connectivity index (χ1n) is 11.4. The zero-order valence-corrected chi connectivity index (χ0v) is 20.2. The molecule has 5 aromatic rings. The third kappa shape index (κ3) is 4.44. The van der Waals surface area contributed by atoms with Crippen LogP contribution in [0.3, 0.4) is 0 Å². The van der Waals surface area contributed by atoms with Gasteiger partial charge < -0.3 is 14.8 Å². The first-order valence-corrected chi connectivity index (χ1v) is 11.4. The quantitative estimate of drug-likeness (QED) is 0.342. The van der Waals surface area contributed by atoms with Gasteiger partial charge in [-0.1, -0.05) is 24.3 Å². The lowest BCUT2D eigenvalue weighted by Gasteiger charge is -2.11. The molecule has 2 heterocycles. The monoisotopic (exact) mass is 479 g/mol. The number of hydrogen-bond acceptors (Lipinski definition) is 5. The minimum Gasteiger partial charge on any atom is -0.497 e. The van der Waals surface area contributed by atoms with E-state index in [-0.39, 0.29) is 5.91 Å². The van der Waals surface area contributed by atoms with Gasteiger partial charge in [0.25, 0.3) is 5.91 Å². The lowest BCUT2D eigenvalue weighted by molar-refractivity contribution is 0.102. The summed E-state index contributed by atoms with van der Waals surface area (Å²) in [6.45, 7) is 1.98. The van der Waals surface area contributed by atoms with Gasteiger partial charge in [0.05, 0.1) is 31.2 Å². The summed E-state index contributed by atoms with van der Waals surface area (Å²) in [6, 6.07) is 24.5. The Morgan fingerprint density at radius 3 is 2.42 bits per heavy atom. The zero-order valence-electron chi connectivity index (χ0n) is 20.2. The summed E-state index contributed by atoms with van der Waals surface area (Å²) < 4.78 is 14.5. The Balaban J connectivity index is 1.56. The van der Waals surface area contributed by atoms with E-state index in [1.807, 2.05) is 84.4 Å². The van der Waals surface area contributed by atoms with Crippen LogP contribution in [0.15, 0.2) is 91.3 Å². The summed E-state index contributed by atoms with van der Waals surface area (Å²) in [6.07, 6.45) is 3.47. The molecule has 1 N–H and O–H groups in total. The van der Waals surface area contributed by atoms with Crippen molar-refractivity contribution in [1.29, 1.82) is 0 Å². The van der Waals surface area contributed by atoms with E-state index < -0.39 is 0 Å². The van der Waals surface area contributed by atoms with E-state index >= 15 is 0 Å². The van der Waals surface area contributed by atoms with Gasteiger partial charge in [0, 0.05) is 35.4 Å². The molecule has 0 aliphatic rings. The van der Waals surface area contributed by atoms with Crippen LogP contribution in [-0.4, -0.2) is 39.7 Å². The van der Waals surface area contributed by atoms with Crippen molar-refractivity contribution >= 4 is 11.6 Å². The number of rotatable bonds is 7. The number of carbonyl (C=O) groups excluding carboxylic acids is 1. The highest BCUT2D eigenvalue weighted by Crippen LogP contribution is 2.35. The molecule has 0 aliphatic heterocycles. The van der Waals surface area contributed by atoms with E-state index in [0.29, 0.717) is 34.0 Å². The van der Waals surface area contributed by atoms with Gasteiger partial charge in [-0.3, -0.25) is 4.79 Å². The molecule has 0 fully saturated rings. The Morgan fingerprint density at radius 1 is 0.889 bits per heavy atom. The Labute approximate surface area is 208 Å². The number of anilines is 1. The van der Waals surface area contributed by atoms with Crippen molar-refractivity contribution in [2.24, 2.45) is 0 Å². The number of aryl methyl sites for hydroxylation is 1. The second kappa shape index (κ2) is 9.79. The van der Waals surface area contributed by atoms with E-state index in [0.717, 1.165) is 17.1 Å². The van der Waals surface area contributed by atoms with Crippen LogP contribution < -0.4 is 14.8 Å². The average Bonchev–Trinajstić information content (AvgIpc) is 3.55. The third-order valence-electron chi connectivity index (χ3n) is 5.82. The number of hydrogen-bond donors (Lipinski definition) is 1. The van der Waals surface area contributed by atoms with E-state index in [2.05, 4.69) is 10.4 Å². The topological polar surface area (TPSA) is 83.2 Å². The van der Waals surface area contributed by atoms with Gasteiger partial charge in [-0.25, -0.2) is 9.36 Å². The van der Waals surface area contributed by atoms with Crippen molar-refractivity contribution in [2.75, 3.05) is 19.5 Å². The van der Waals surface area contributed by atoms with Crippen molar-refractivity contribution < 1.29 is 14.3 Å². The molecule has 0 aliphatic carbocycles. The molecule has 180 valence electrons. The van der Waals surface area contributed by atoms with Crippen molar-refractivity contribution in [3.8, 4) is 34.1 Å². The van der Waals surface area contributed by atoms with Crippen molar-refractivity contribution in [3.05, 3.63) is 103 Å². The van der Waals surface area contributed by atoms with Gasteiger partial charge >= 0.3 is 0 Å². The Kier molecular flexibility index (Phi) is 6.23. The van der Waals surface area contributed by atoms with E-state index in [4.69, 9.17) is 14.6 Å². The second-order valence-electron chi connectivity index (χ2n) is 8.13. The van der Waals surface area contributed by atoms with Crippen LogP contribution in [0.1, 0.15) is 16.1 Å². The highest BCUT2D eigenvalue weighted by molar-refractivity contribution is 6.08. The molecule has 0 spiro atoms. The summed E-state index contributed by atoms with van der Waals surface area (Å²) in [4.78, 5) is 13.6. The summed E-state index contributed by atoms with van der Waals surface area (Å²) >= 11 is 0. The van der Waals surface area contributed by atoms with Crippen LogP contribution >= 0.6 is 0 Å². The molecule has 3 aromatic carbocycles. The molecular weight excluding hydrogens is 454 g/mol. The van der Waals surface area contributed by atoms with E-state index in [9.17, 15) is 4.79 Å². The molecule has 36 heavy (non-hydrogen) atoms. The normalized spacial score (nSPS) is 10.8. The van der Waals surface area contributed by atoms with Gasteiger partial charge in [0.2, 0.25) is 0 Å². The molecule has 8 heteroatoms. The number of nitrogens with zero attached hydrogens (tertiary/aromatic N) is 4. The van der Waals surface area contributed by atoms with Crippen LogP contribution in [0.25, 0.3) is 22.6 Å². The molecule has 0 unspecified atom stereocenters. The number of nitrogens with one attached hydrogen (secondary N) is 1. The Bertz CT molecular complexity index is 1520. The molecule has 2 aromatic heterocycles. The number of amides is 1. The van der Waals surface area contributed by atoms with Crippen LogP contribution in [0.4, 0.5) is 5.69 Å². The molecule has 0 radical (unpaired) electrons. The second-order valence-corrected chi connectivity index (χ2v) is 8.13. The van der Waals surface area contributed by atoms with Crippen LogP contribution in [0, 0.1) is 6.92 Å². The standard InChI is InChI=1S/C28H25N5O3/c1-19-14-15-29-33(19)22-11-7-8-20(16-22)30-28(34)25-18-32(21-9-5-4-6-10-21)31-27(25)24-13-12-23(35-2)17-26(24)36-3/h4-18H,1-3H3,(H,30,34).